The molecule has 0 saturated heterocycles. The summed E-state index contributed by atoms with van der Waals surface area (Å²) >= 11 is 0. The summed E-state index contributed by atoms with van der Waals surface area (Å²) < 4.78 is 0. The molecule has 106 valence electrons. The van der Waals surface area contributed by atoms with Gasteiger partial charge in [-0.05, 0) is 56.0 Å². The zero-order valence-electron chi connectivity index (χ0n) is 13.0. The maximum Gasteiger partial charge on any atom is 0.0361 e. The third-order valence-electron chi connectivity index (χ3n) is 3.95. The lowest BCUT2D eigenvalue weighted by atomic mass is 9.92. The van der Waals surface area contributed by atoms with Crippen LogP contribution in [0.3, 0.4) is 0 Å². The molecule has 1 unspecified atom stereocenters. The first-order valence-electron chi connectivity index (χ1n) is 7.47. The van der Waals surface area contributed by atoms with Crippen LogP contribution in [-0.2, 0) is 6.42 Å². The van der Waals surface area contributed by atoms with E-state index in [1.807, 2.05) is 0 Å². The van der Waals surface area contributed by atoms with E-state index in [0.717, 1.165) is 13.0 Å². The summed E-state index contributed by atoms with van der Waals surface area (Å²) in [7, 11) is 0. The molecule has 0 radical (unpaired) electrons. The van der Waals surface area contributed by atoms with Crippen LogP contribution < -0.4 is 5.32 Å². The summed E-state index contributed by atoms with van der Waals surface area (Å²) in [5.74, 6) is 0. The van der Waals surface area contributed by atoms with Gasteiger partial charge in [0.05, 0.1) is 0 Å². The zero-order valence-corrected chi connectivity index (χ0v) is 13.0. The average molecular weight is 267 g/mol. The quantitative estimate of drug-likeness (QED) is 0.840. The van der Waals surface area contributed by atoms with E-state index in [0.29, 0.717) is 6.04 Å². The van der Waals surface area contributed by atoms with Gasteiger partial charge in [-0.2, -0.15) is 0 Å². The third-order valence-corrected chi connectivity index (χ3v) is 3.95. The van der Waals surface area contributed by atoms with Gasteiger partial charge in [0.25, 0.3) is 0 Å². The molecule has 1 nitrogen and oxygen atoms in total. The Morgan fingerprint density at radius 2 is 1.60 bits per heavy atom. The van der Waals surface area contributed by atoms with Crippen molar-refractivity contribution in [3.05, 3.63) is 70.3 Å². The number of benzene rings is 2. The van der Waals surface area contributed by atoms with Crippen molar-refractivity contribution in [2.45, 2.75) is 40.2 Å². The van der Waals surface area contributed by atoms with Crippen molar-refractivity contribution in [1.29, 1.82) is 0 Å². The average Bonchev–Trinajstić information content (AvgIpc) is 2.42. The minimum atomic E-state index is 0.389. The normalized spacial score (nSPS) is 12.4. The molecule has 0 aliphatic rings. The van der Waals surface area contributed by atoms with Crippen LogP contribution in [0.1, 0.15) is 40.8 Å². The van der Waals surface area contributed by atoms with E-state index in [1.165, 1.54) is 27.8 Å². The highest BCUT2D eigenvalue weighted by atomic mass is 14.9. The molecular formula is C19H25N. The SMILES string of the molecule is CCNC(Cc1c(C)cccc1C)c1cccc(C)c1. The molecule has 0 heterocycles. The monoisotopic (exact) mass is 267 g/mol. The highest BCUT2D eigenvalue weighted by molar-refractivity contribution is 5.36. The molecule has 0 aliphatic heterocycles. The Morgan fingerprint density at radius 1 is 0.950 bits per heavy atom. The van der Waals surface area contributed by atoms with Gasteiger partial charge >= 0.3 is 0 Å². The molecular weight excluding hydrogens is 242 g/mol. The fourth-order valence-electron chi connectivity index (χ4n) is 2.82. The Morgan fingerprint density at radius 3 is 2.20 bits per heavy atom. The van der Waals surface area contributed by atoms with Crippen LogP contribution in [0.2, 0.25) is 0 Å². The Balaban J connectivity index is 2.30. The van der Waals surface area contributed by atoms with Gasteiger partial charge in [-0.3, -0.25) is 0 Å². The van der Waals surface area contributed by atoms with Gasteiger partial charge in [0.15, 0.2) is 0 Å². The minimum Gasteiger partial charge on any atom is -0.310 e. The smallest absolute Gasteiger partial charge is 0.0361 e. The molecule has 20 heavy (non-hydrogen) atoms. The molecule has 0 fully saturated rings. The highest BCUT2D eigenvalue weighted by Crippen LogP contribution is 2.23. The number of rotatable bonds is 5. The molecule has 0 aromatic heterocycles. The van der Waals surface area contributed by atoms with Gasteiger partial charge < -0.3 is 5.32 Å². The molecule has 0 bridgehead atoms. The topological polar surface area (TPSA) is 12.0 Å². The van der Waals surface area contributed by atoms with E-state index in [9.17, 15) is 0 Å². The van der Waals surface area contributed by atoms with Crippen LogP contribution in [0.25, 0.3) is 0 Å². The summed E-state index contributed by atoms with van der Waals surface area (Å²) in [6.07, 6.45) is 1.05. The van der Waals surface area contributed by atoms with Gasteiger partial charge in [-0.15, -0.1) is 0 Å². The fraction of sp³-hybridized carbons (Fsp3) is 0.368. The maximum absolute atomic E-state index is 3.63. The first kappa shape index (κ1) is 14.8. The number of hydrogen-bond donors (Lipinski definition) is 1. The van der Waals surface area contributed by atoms with Crippen molar-refractivity contribution >= 4 is 0 Å². The van der Waals surface area contributed by atoms with Crippen LogP contribution in [0.4, 0.5) is 0 Å². The Bertz CT molecular complexity index is 551. The summed E-state index contributed by atoms with van der Waals surface area (Å²) in [6, 6.07) is 15.8. The van der Waals surface area contributed by atoms with Gasteiger partial charge in [0, 0.05) is 6.04 Å². The van der Waals surface area contributed by atoms with Gasteiger partial charge in [-0.1, -0.05) is 55.0 Å². The van der Waals surface area contributed by atoms with Crippen molar-refractivity contribution in [1.82, 2.24) is 5.32 Å². The second kappa shape index (κ2) is 6.71. The molecule has 2 aromatic carbocycles. The Kier molecular flexibility index (Phi) is 4.97. The van der Waals surface area contributed by atoms with Gasteiger partial charge in [-0.25, -0.2) is 0 Å². The molecule has 0 spiro atoms. The van der Waals surface area contributed by atoms with Crippen LogP contribution in [0.15, 0.2) is 42.5 Å². The lowest BCUT2D eigenvalue weighted by molar-refractivity contribution is 0.547. The molecule has 0 amide bonds. The molecule has 2 aromatic rings. The van der Waals surface area contributed by atoms with Crippen LogP contribution in [0.5, 0.6) is 0 Å². The first-order valence-corrected chi connectivity index (χ1v) is 7.47. The fourth-order valence-corrected chi connectivity index (χ4v) is 2.82. The first-order chi connectivity index (χ1) is 9.61. The Hall–Kier alpha value is -1.60. The van der Waals surface area contributed by atoms with E-state index in [-0.39, 0.29) is 0 Å². The van der Waals surface area contributed by atoms with Crippen molar-refractivity contribution in [3.8, 4) is 0 Å². The standard InChI is InChI=1S/C19H25N/c1-5-20-19(17-11-6-8-14(2)12-17)13-18-15(3)9-7-10-16(18)4/h6-12,19-20H,5,13H2,1-4H3. The van der Waals surface area contributed by atoms with E-state index in [4.69, 9.17) is 0 Å². The lowest BCUT2D eigenvalue weighted by Crippen LogP contribution is -2.23. The van der Waals surface area contributed by atoms with Crippen LogP contribution in [-0.4, -0.2) is 6.54 Å². The maximum atomic E-state index is 3.63. The van der Waals surface area contributed by atoms with Crippen molar-refractivity contribution in [2.75, 3.05) is 6.54 Å². The highest BCUT2D eigenvalue weighted by Gasteiger charge is 2.13. The number of likely N-dealkylation sites (N-methyl/N-ethyl adjacent to an activating group) is 1. The van der Waals surface area contributed by atoms with Gasteiger partial charge in [0.1, 0.15) is 0 Å². The second-order valence-electron chi connectivity index (χ2n) is 5.60. The molecule has 1 heteroatoms. The predicted molar refractivity (Wildman–Crippen MR) is 87.2 cm³/mol. The van der Waals surface area contributed by atoms with Crippen LogP contribution >= 0.6 is 0 Å². The summed E-state index contributed by atoms with van der Waals surface area (Å²) in [5, 5.41) is 3.63. The predicted octanol–water partition coefficient (Wildman–Crippen LogP) is 4.51. The molecule has 1 atom stereocenters. The second-order valence-corrected chi connectivity index (χ2v) is 5.60. The van der Waals surface area contributed by atoms with E-state index in [1.54, 1.807) is 0 Å². The minimum absolute atomic E-state index is 0.389. The third kappa shape index (κ3) is 3.49. The van der Waals surface area contributed by atoms with E-state index in [2.05, 4.69) is 75.5 Å². The van der Waals surface area contributed by atoms with E-state index < -0.39 is 0 Å². The number of aryl methyl sites for hydroxylation is 3. The van der Waals surface area contributed by atoms with Gasteiger partial charge in [0.2, 0.25) is 0 Å². The van der Waals surface area contributed by atoms with Crippen molar-refractivity contribution in [2.24, 2.45) is 0 Å². The van der Waals surface area contributed by atoms with E-state index >= 15 is 0 Å². The molecule has 1 N–H and O–H groups in total. The summed E-state index contributed by atoms with van der Waals surface area (Å²) in [4.78, 5) is 0. The van der Waals surface area contributed by atoms with Crippen LogP contribution in [0, 0.1) is 20.8 Å². The van der Waals surface area contributed by atoms with Crippen molar-refractivity contribution in [3.63, 3.8) is 0 Å². The summed E-state index contributed by atoms with van der Waals surface area (Å²) in [6.45, 7) is 9.74. The largest absolute Gasteiger partial charge is 0.310 e. The van der Waals surface area contributed by atoms with Crippen molar-refractivity contribution < 1.29 is 0 Å². The Labute approximate surface area is 123 Å². The molecule has 2 rings (SSSR count). The number of hydrogen-bond acceptors (Lipinski definition) is 1. The lowest BCUT2D eigenvalue weighted by Gasteiger charge is -2.21. The number of nitrogens with one attached hydrogen (secondary N) is 1. The molecule has 0 saturated carbocycles. The molecule has 0 aliphatic carbocycles. The zero-order chi connectivity index (χ0) is 14.5. The summed E-state index contributed by atoms with van der Waals surface area (Å²) in [5.41, 5.74) is 6.96.